The molecule has 0 bridgehead atoms. The Balaban J connectivity index is 1.50. The highest BCUT2D eigenvalue weighted by molar-refractivity contribution is 7.80. The summed E-state index contributed by atoms with van der Waals surface area (Å²) in [7, 11) is 0. The predicted molar refractivity (Wildman–Crippen MR) is 117 cm³/mol. The van der Waals surface area contributed by atoms with E-state index in [9.17, 15) is 0 Å². The van der Waals surface area contributed by atoms with Crippen molar-refractivity contribution in [1.29, 1.82) is 0 Å². The highest BCUT2D eigenvalue weighted by Gasteiger charge is 2.40. The maximum Gasteiger partial charge on any atom is 0.170 e. The molecule has 5 rings (SSSR count). The van der Waals surface area contributed by atoms with E-state index in [1.54, 1.807) is 0 Å². The second kappa shape index (κ2) is 7.95. The van der Waals surface area contributed by atoms with Crippen LogP contribution in [0.25, 0.3) is 0 Å². The van der Waals surface area contributed by atoms with Crippen LogP contribution in [0.5, 0.6) is 0 Å². The van der Waals surface area contributed by atoms with E-state index in [-0.39, 0.29) is 12.1 Å². The van der Waals surface area contributed by atoms with Gasteiger partial charge in [-0.1, -0.05) is 25.0 Å². The fraction of sp³-hybridized carbons (Fsp3) is 0.348. The Bertz CT molecular complexity index is 965. The van der Waals surface area contributed by atoms with E-state index in [4.69, 9.17) is 12.2 Å². The zero-order valence-electron chi connectivity index (χ0n) is 16.3. The molecule has 3 aromatic heterocycles. The molecule has 5 nitrogen and oxygen atoms in total. The van der Waals surface area contributed by atoms with E-state index in [1.165, 1.54) is 31.2 Å². The summed E-state index contributed by atoms with van der Waals surface area (Å²) in [6, 6.07) is 15.1. The average Bonchev–Trinajstić information content (AvgIpc) is 3.50. The maximum atomic E-state index is 5.76. The van der Waals surface area contributed by atoms with E-state index in [0.29, 0.717) is 12.6 Å². The van der Waals surface area contributed by atoms with E-state index >= 15 is 0 Å². The number of aromatic nitrogens is 3. The lowest BCUT2D eigenvalue weighted by atomic mass is 9.99. The molecule has 2 atom stereocenters. The highest BCUT2D eigenvalue weighted by Crippen LogP contribution is 2.40. The predicted octanol–water partition coefficient (Wildman–Crippen LogP) is 4.57. The van der Waals surface area contributed by atoms with Crippen LogP contribution in [0, 0.1) is 0 Å². The monoisotopic (exact) mass is 403 g/mol. The summed E-state index contributed by atoms with van der Waals surface area (Å²) in [5.74, 6) is 0. The number of rotatable bonds is 5. The number of hydrogen-bond donors (Lipinski definition) is 1. The van der Waals surface area contributed by atoms with Gasteiger partial charge in [0, 0.05) is 30.8 Å². The van der Waals surface area contributed by atoms with Gasteiger partial charge < -0.3 is 14.8 Å². The van der Waals surface area contributed by atoms with Crippen LogP contribution < -0.4 is 5.32 Å². The van der Waals surface area contributed by atoms with Crippen molar-refractivity contribution in [1.82, 2.24) is 24.8 Å². The molecule has 4 heterocycles. The SMILES string of the molecule is S=C1N[C@@H](c2ccccn2)[C@@H](c2ccn(C3CCCC3)c2)N1Cc1ccccn1. The Hall–Kier alpha value is -2.73. The normalized spacial score (nSPS) is 22.2. The number of thiocarbonyl (C=S) groups is 1. The van der Waals surface area contributed by atoms with E-state index in [0.717, 1.165) is 16.5 Å². The average molecular weight is 404 g/mol. The Labute approximate surface area is 176 Å². The van der Waals surface area contributed by atoms with Gasteiger partial charge >= 0.3 is 0 Å². The third kappa shape index (κ3) is 3.65. The van der Waals surface area contributed by atoms with E-state index in [2.05, 4.69) is 55.3 Å². The lowest BCUT2D eigenvalue weighted by Gasteiger charge is -2.27. The van der Waals surface area contributed by atoms with Crippen molar-refractivity contribution >= 4 is 17.3 Å². The molecule has 1 aliphatic heterocycles. The molecule has 0 amide bonds. The molecule has 0 unspecified atom stereocenters. The van der Waals surface area contributed by atoms with Crippen molar-refractivity contribution in [3.63, 3.8) is 0 Å². The van der Waals surface area contributed by atoms with Gasteiger partial charge in [-0.3, -0.25) is 9.97 Å². The lowest BCUT2D eigenvalue weighted by molar-refractivity contribution is 0.307. The minimum atomic E-state index is 0.0202. The Morgan fingerprint density at radius 3 is 2.52 bits per heavy atom. The maximum absolute atomic E-state index is 5.76. The molecule has 1 saturated carbocycles. The molecule has 1 aliphatic carbocycles. The zero-order valence-corrected chi connectivity index (χ0v) is 17.1. The van der Waals surface area contributed by atoms with Gasteiger partial charge in [0.15, 0.2) is 5.11 Å². The molecule has 6 heteroatoms. The van der Waals surface area contributed by atoms with Gasteiger partial charge in [0.25, 0.3) is 0 Å². The molecular weight excluding hydrogens is 378 g/mol. The quantitative estimate of drug-likeness (QED) is 0.633. The lowest BCUT2D eigenvalue weighted by Crippen LogP contribution is -2.29. The Kier molecular flexibility index (Phi) is 5.02. The molecule has 1 saturated heterocycles. The van der Waals surface area contributed by atoms with Gasteiger partial charge in [-0.05, 0) is 61.0 Å². The van der Waals surface area contributed by atoms with Crippen molar-refractivity contribution in [2.24, 2.45) is 0 Å². The van der Waals surface area contributed by atoms with Gasteiger partial charge in [-0.25, -0.2) is 0 Å². The Morgan fingerprint density at radius 2 is 1.79 bits per heavy atom. The van der Waals surface area contributed by atoms with Crippen molar-refractivity contribution in [3.8, 4) is 0 Å². The van der Waals surface area contributed by atoms with Gasteiger partial charge in [0.1, 0.15) is 0 Å². The van der Waals surface area contributed by atoms with Gasteiger partial charge in [-0.2, -0.15) is 0 Å². The van der Waals surface area contributed by atoms with Crippen LogP contribution in [-0.2, 0) is 6.54 Å². The first kappa shape index (κ1) is 18.3. The summed E-state index contributed by atoms with van der Waals surface area (Å²) < 4.78 is 2.40. The van der Waals surface area contributed by atoms with Gasteiger partial charge in [-0.15, -0.1) is 0 Å². The molecule has 0 aromatic carbocycles. The molecule has 2 fully saturated rings. The van der Waals surface area contributed by atoms with Crippen LogP contribution in [0.1, 0.15) is 60.8 Å². The summed E-state index contributed by atoms with van der Waals surface area (Å²) in [6.45, 7) is 0.676. The number of nitrogens with zero attached hydrogens (tertiary/aromatic N) is 4. The molecule has 3 aromatic rings. The fourth-order valence-corrected chi connectivity index (χ4v) is 4.95. The minimum absolute atomic E-state index is 0.0202. The van der Waals surface area contributed by atoms with Crippen molar-refractivity contribution in [2.45, 2.75) is 50.4 Å². The van der Waals surface area contributed by atoms with Crippen LogP contribution in [0.2, 0.25) is 0 Å². The zero-order chi connectivity index (χ0) is 19.6. The standard InChI is InChI=1S/C23H25N5S/c29-23-26-21(20-10-4-6-13-25-20)22(28(23)16-18-7-3-5-12-24-18)17-11-14-27(15-17)19-8-1-2-9-19/h3-7,10-15,19,21-22H,1-2,8-9,16H2,(H,26,29)/t21-,22+/m0/s1. The van der Waals surface area contributed by atoms with Crippen LogP contribution in [0.3, 0.4) is 0 Å². The first-order chi connectivity index (χ1) is 14.3. The summed E-state index contributed by atoms with van der Waals surface area (Å²) in [5, 5.41) is 4.28. The Morgan fingerprint density at radius 1 is 1.00 bits per heavy atom. The molecule has 2 aliphatic rings. The van der Waals surface area contributed by atoms with Crippen LogP contribution >= 0.6 is 12.2 Å². The summed E-state index contributed by atoms with van der Waals surface area (Å²) in [4.78, 5) is 11.4. The second-order valence-corrected chi connectivity index (χ2v) is 8.29. The molecule has 148 valence electrons. The van der Waals surface area contributed by atoms with Crippen LogP contribution in [0.15, 0.2) is 67.3 Å². The van der Waals surface area contributed by atoms with Crippen LogP contribution in [-0.4, -0.2) is 24.5 Å². The largest absolute Gasteiger partial charge is 0.352 e. The smallest absolute Gasteiger partial charge is 0.170 e. The third-order valence-electron chi connectivity index (χ3n) is 6.08. The topological polar surface area (TPSA) is 46.0 Å². The summed E-state index contributed by atoms with van der Waals surface area (Å²) in [5.41, 5.74) is 3.30. The number of nitrogens with one attached hydrogen (secondary N) is 1. The van der Waals surface area contributed by atoms with Crippen molar-refractivity contribution in [3.05, 3.63) is 84.2 Å². The fourth-order valence-electron chi connectivity index (χ4n) is 4.64. The van der Waals surface area contributed by atoms with Gasteiger partial charge in [0.2, 0.25) is 0 Å². The van der Waals surface area contributed by atoms with Crippen LogP contribution in [0.4, 0.5) is 0 Å². The van der Waals surface area contributed by atoms with Crippen molar-refractivity contribution in [2.75, 3.05) is 0 Å². The van der Waals surface area contributed by atoms with Gasteiger partial charge in [0.05, 0.1) is 30.0 Å². The number of hydrogen-bond acceptors (Lipinski definition) is 3. The molecular formula is C23H25N5S. The second-order valence-electron chi connectivity index (χ2n) is 7.91. The minimum Gasteiger partial charge on any atom is -0.352 e. The first-order valence-electron chi connectivity index (χ1n) is 10.3. The molecule has 1 N–H and O–H groups in total. The van der Waals surface area contributed by atoms with Crippen molar-refractivity contribution < 1.29 is 0 Å². The van der Waals surface area contributed by atoms with E-state index < -0.39 is 0 Å². The molecule has 29 heavy (non-hydrogen) atoms. The highest BCUT2D eigenvalue weighted by atomic mass is 32.1. The summed E-state index contributed by atoms with van der Waals surface area (Å²) >= 11 is 5.76. The molecule has 0 spiro atoms. The summed E-state index contributed by atoms with van der Waals surface area (Å²) in [6.07, 6.45) is 13.4. The number of pyridine rings is 2. The molecule has 0 radical (unpaired) electrons. The van der Waals surface area contributed by atoms with E-state index in [1.807, 2.05) is 36.7 Å². The third-order valence-corrected chi connectivity index (χ3v) is 6.43. The first-order valence-corrected chi connectivity index (χ1v) is 10.8.